The van der Waals surface area contributed by atoms with Gasteiger partial charge in [0.05, 0.1) is 13.2 Å². The molecule has 0 aromatic carbocycles. The second-order valence-electron chi connectivity index (χ2n) is 6.44. The van der Waals surface area contributed by atoms with Crippen LogP contribution in [0.1, 0.15) is 45.4 Å². The number of nitrogens with zero attached hydrogens (tertiary/aromatic N) is 1. The zero-order chi connectivity index (χ0) is 14.2. The average molecular weight is 283 g/mol. The summed E-state index contributed by atoms with van der Waals surface area (Å²) < 4.78 is 17.1. The fourth-order valence-electron chi connectivity index (χ4n) is 3.70. The van der Waals surface area contributed by atoms with Crippen molar-refractivity contribution in [1.29, 1.82) is 0 Å². The van der Waals surface area contributed by atoms with Crippen LogP contribution in [0.2, 0.25) is 0 Å². The van der Waals surface area contributed by atoms with Crippen molar-refractivity contribution in [3.05, 3.63) is 0 Å². The maximum atomic E-state index is 12.6. The summed E-state index contributed by atoms with van der Waals surface area (Å²) in [4.78, 5) is 14.5. The van der Waals surface area contributed by atoms with Gasteiger partial charge in [0, 0.05) is 32.5 Å². The van der Waals surface area contributed by atoms with Gasteiger partial charge in [0.1, 0.15) is 5.60 Å². The summed E-state index contributed by atoms with van der Waals surface area (Å²) in [5, 5.41) is 0. The second-order valence-corrected chi connectivity index (χ2v) is 6.44. The van der Waals surface area contributed by atoms with Crippen molar-refractivity contribution in [2.24, 2.45) is 0 Å². The molecule has 0 bridgehead atoms. The Kier molecular flexibility index (Phi) is 3.77. The number of carbonyl (C=O) groups is 1. The van der Waals surface area contributed by atoms with E-state index in [0.29, 0.717) is 19.8 Å². The van der Waals surface area contributed by atoms with Crippen LogP contribution in [0, 0.1) is 0 Å². The van der Waals surface area contributed by atoms with Crippen LogP contribution in [0.4, 0.5) is 0 Å². The summed E-state index contributed by atoms with van der Waals surface area (Å²) in [6.07, 6.45) is 5.46. The van der Waals surface area contributed by atoms with Gasteiger partial charge in [-0.25, -0.2) is 0 Å². The standard InChI is InChI=1S/C15H25NO4/c1-14(6-3-9-18-14)13(17)16(2)12-4-7-15(8-5-12)19-10-11-20-15/h12H,3-11H2,1-2H3. The molecule has 0 N–H and O–H groups in total. The Morgan fingerprint density at radius 2 is 1.70 bits per heavy atom. The monoisotopic (exact) mass is 283 g/mol. The largest absolute Gasteiger partial charge is 0.365 e. The third-order valence-electron chi connectivity index (χ3n) is 5.07. The Morgan fingerprint density at radius 3 is 2.25 bits per heavy atom. The van der Waals surface area contributed by atoms with Crippen molar-refractivity contribution in [3.63, 3.8) is 0 Å². The number of amides is 1. The van der Waals surface area contributed by atoms with Crippen LogP contribution in [0.3, 0.4) is 0 Å². The van der Waals surface area contributed by atoms with Gasteiger partial charge in [-0.2, -0.15) is 0 Å². The number of hydrogen-bond donors (Lipinski definition) is 0. The lowest BCUT2D eigenvalue weighted by Crippen LogP contribution is -2.51. The van der Waals surface area contributed by atoms with Gasteiger partial charge in [0.15, 0.2) is 5.79 Å². The normalized spacial score (nSPS) is 33.7. The van der Waals surface area contributed by atoms with Gasteiger partial charge in [-0.05, 0) is 32.6 Å². The first-order valence-corrected chi connectivity index (χ1v) is 7.74. The van der Waals surface area contributed by atoms with Crippen molar-refractivity contribution < 1.29 is 19.0 Å². The van der Waals surface area contributed by atoms with Crippen LogP contribution < -0.4 is 0 Å². The fraction of sp³-hybridized carbons (Fsp3) is 0.933. The molecule has 114 valence electrons. The van der Waals surface area contributed by atoms with E-state index in [1.807, 2.05) is 18.9 Å². The molecule has 0 radical (unpaired) electrons. The lowest BCUT2D eigenvalue weighted by atomic mass is 9.88. The maximum absolute atomic E-state index is 12.6. The third-order valence-corrected chi connectivity index (χ3v) is 5.07. The summed E-state index contributed by atoms with van der Waals surface area (Å²) in [6, 6.07) is 0.280. The van der Waals surface area contributed by atoms with Gasteiger partial charge in [0.25, 0.3) is 5.91 Å². The molecule has 5 heteroatoms. The van der Waals surface area contributed by atoms with Gasteiger partial charge < -0.3 is 19.1 Å². The van der Waals surface area contributed by atoms with Crippen LogP contribution in [0.25, 0.3) is 0 Å². The molecule has 2 heterocycles. The number of ether oxygens (including phenoxy) is 3. The van der Waals surface area contributed by atoms with Crippen LogP contribution in [0.15, 0.2) is 0 Å². The summed E-state index contributed by atoms with van der Waals surface area (Å²) in [6.45, 7) is 4.02. The van der Waals surface area contributed by atoms with E-state index >= 15 is 0 Å². The predicted molar refractivity (Wildman–Crippen MR) is 73.3 cm³/mol. The maximum Gasteiger partial charge on any atom is 0.254 e. The Balaban J connectivity index is 1.58. The van der Waals surface area contributed by atoms with E-state index in [-0.39, 0.29) is 17.7 Å². The number of rotatable bonds is 2. The molecular weight excluding hydrogens is 258 g/mol. The molecular formula is C15H25NO4. The molecule has 0 aromatic heterocycles. The minimum atomic E-state index is -0.607. The Labute approximate surface area is 120 Å². The lowest BCUT2D eigenvalue weighted by Gasteiger charge is -2.40. The summed E-state index contributed by atoms with van der Waals surface area (Å²) in [5.74, 6) is -0.224. The van der Waals surface area contributed by atoms with Gasteiger partial charge in [0.2, 0.25) is 0 Å². The fourth-order valence-corrected chi connectivity index (χ4v) is 3.70. The van der Waals surface area contributed by atoms with E-state index in [4.69, 9.17) is 14.2 Å². The smallest absolute Gasteiger partial charge is 0.254 e. The van der Waals surface area contributed by atoms with Crippen molar-refractivity contribution >= 4 is 5.91 Å². The molecule has 1 spiro atoms. The van der Waals surface area contributed by atoms with Crippen LogP contribution >= 0.6 is 0 Å². The minimum Gasteiger partial charge on any atom is -0.365 e. The second kappa shape index (κ2) is 5.28. The number of likely N-dealkylation sites (N-methyl/N-ethyl adjacent to an activating group) is 1. The molecule has 1 saturated carbocycles. The Morgan fingerprint density at radius 1 is 1.05 bits per heavy atom. The molecule has 2 aliphatic heterocycles. The molecule has 1 amide bonds. The molecule has 3 fully saturated rings. The topological polar surface area (TPSA) is 48.0 Å². The highest BCUT2D eigenvalue weighted by molar-refractivity contribution is 5.85. The van der Waals surface area contributed by atoms with E-state index in [9.17, 15) is 4.79 Å². The van der Waals surface area contributed by atoms with Crippen molar-refractivity contribution in [3.8, 4) is 0 Å². The highest BCUT2D eigenvalue weighted by Crippen LogP contribution is 2.38. The number of carbonyl (C=O) groups excluding carboxylic acids is 1. The van der Waals surface area contributed by atoms with Crippen molar-refractivity contribution in [1.82, 2.24) is 4.90 Å². The highest BCUT2D eigenvalue weighted by atomic mass is 16.7. The molecule has 1 aliphatic carbocycles. The lowest BCUT2D eigenvalue weighted by molar-refractivity contribution is -0.186. The molecule has 1 unspecified atom stereocenters. The molecule has 20 heavy (non-hydrogen) atoms. The minimum absolute atomic E-state index is 0.129. The van der Waals surface area contributed by atoms with E-state index in [1.54, 1.807) is 0 Å². The molecule has 1 atom stereocenters. The molecule has 0 aromatic rings. The first-order chi connectivity index (χ1) is 9.55. The summed E-state index contributed by atoms with van der Waals surface area (Å²) in [5.41, 5.74) is -0.607. The van der Waals surface area contributed by atoms with Crippen LogP contribution in [0.5, 0.6) is 0 Å². The van der Waals surface area contributed by atoms with Gasteiger partial charge in [-0.1, -0.05) is 0 Å². The predicted octanol–water partition coefficient (Wildman–Crippen LogP) is 1.70. The molecule has 3 aliphatic rings. The van der Waals surface area contributed by atoms with E-state index in [0.717, 1.165) is 38.5 Å². The van der Waals surface area contributed by atoms with Gasteiger partial charge >= 0.3 is 0 Å². The first-order valence-electron chi connectivity index (χ1n) is 7.74. The Hall–Kier alpha value is -0.650. The zero-order valence-corrected chi connectivity index (χ0v) is 12.5. The van der Waals surface area contributed by atoms with E-state index in [1.165, 1.54) is 0 Å². The van der Waals surface area contributed by atoms with Gasteiger partial charge in [-0.3, -0.25) is 4.79 Å². The van der Waals surface area contributed by atoms with Crippen LogP contribution in [-0.4, -0.2) is 55.1 Å². The van der Waals surface area contributed by atoms with Gasteiger partial charge in [-0.15, -0.1) is 0 Å². The first kappa shape index (κ1) is 14.3. The van der Waals surface area contributed by atoms with Crippen molar-refractivity contribution in [2.45, 2.75) is 62.9 Å². The van der Waals surface area contributed by atoms with E-state index < -0.39 is 5.60 Å². The third kappa shape index (κ3) is 2.47. The summed E-state index contributed by atoms with van der Waals surface area (Å²) in [7, 11) is 1.91. The molecule has 5 nitrogen and oxygen atoms in total. The average Bonchev–Trinajstić information content (AvgIpc) is 3.09. The molecule has 3 rings (SSSR count). The number of hydrogen-bond acceptors (Lipinski definition) is 4. The van der Waals surface area contributed by atoms with E-state index in [2.05, 4.69) is 0 Å². The van der Waals surface area contributed by atoms with Crippen LogP contribution in [-0.2, 0) is 19.0 Å². The quantitative estimate of drug-likeness (QED) is 0.774. The Bertz CT molecular complexity index is 362. The highest BCUT2D eigenvalue weighted by Gasteiger charge is 2.45. The zero-order valence-electron chi connectivity index (χ0n) is 12.5. The summed E-state index contributed by atoms with van der Waals surface area (Å²) >= 11 is 0. The van der Waals surface area contributed by atoms with Crippen molar-refractivity contribution in [2.75, 3.05) is 26.9 Å². The molecule has 2 saturated heterocycles. The SMILES string of the molecule is CN(C(=O)C1(C)CCCO1)C1CCC2(CC1)OCCO2.